The van der Waals surface area contributed by atoms with Crippen LogP contribution >= 0.6 is 0 Å². The molecule has 0 aromatic rings. The topological polar surface area (TPSA) is 58.6 Å². The second kappa shape index (κ2) is 4.78. The van der Waals surface area contributed by atoms with Crippen molar-refractivity contribution >= 4 is 12.0 Å². The minimum atomic E-state index is -0.450. The highest BCUT2D eigenvalue weighted by Gasteiger charge is 2.36. The number of nitrogens with zero attached hydrogens (tertiary/aromatic N) is 1. The molecule has 2 aliphatic rings. The summed E-state index contributed by atoms with van der Waals surface area (Å²) >= 11 is 0. The van der Waals surface area contributed by atoms with Crippen LogP contribution in [0.15, 0.2) is 0 Å². The van der Waals surface area contributed by atoms with Crippen molar-refractivity contribution in [1.82, 2.24) is 10.2 Å². The molecule has 2 saturated heterocycles. The fourth-order valence-electron chi connectivity index (χ4n) is 2.60. The quantitative estimate of drug-likeness (QED) is 0.713. The molecule has 0 aromatic heterocycles. The molecule has 0 aliphatic carbocycles. The second-order valence-electron chi connectivity index (χ2n) is 6.19. The number of ether oxygens (including phenoxy) is 1. The Morgan fingerprint density at radius 3 is 2.78 bits per heavy atom. The average Bonchev–Trinajstić information content (AvgIpc) is 2.26. The van der Waals surface area contributed by atoms with Gasteiger partial charge in [-0.2, -0.15) is 0 Å². The molecule has 18 heavy (non-hydrogen) atoms. The van der Waals surface area contributed by atoms with Crippen molar-refractivity contribution in [2.45, 2.75) is 51.7 Å². The van der Waals surface area contributed by atoms with Gasteiger partial charge in [-0.05, 0) is 39.5 Å². The van der Waals surface area contributed by atoms with Crippen molar-refractivity contribution in [3.63, 3.8) is 0 Å². The first-order valence-corrected chi connectivity index (χ1v) is 6.62. The molecule has 2 rings (SSSR count). The number of amides is 2. The summed E-state index contributed by atoms with van der Waals surface area (Å²) < 4.78 is 5.38. The van der Waals surface area contributed by atoms with Crippen molar-refractivity contribution < 1.29 is 14.3 Å². The van der Waals surface area contributed by atoms with Gasteiger partial charge in [0, 0.05) is 25.6 Å². The zero-order valence-electron chi connectivity index (χ0n) is 11.4. The summed E-state index contributed by atoms with van der Waals surface area (Å²) in [5, 5.41) is 3.01. The number of hydrogen-bond acceptors (Lipinski definition) is 3. The first-order chi connectivity index (χ1) is 8.35. The lowest BCUT2D eigenvalue weighted by Gasteiger charge is -2.41. The predicted molar refractivity (Wildman–Crippen MR) is 67.1 cm³/mol. The van der Waals surface area contributed by atoms with E-state index in [1.54, 1.807) is 4.90 Å². The normalized spacial score (nSPS) is 28.4. The van der Waals surface area contributed by atoms with Crippen LogP contribution in [-0.4, -0.2) is 41.6 Å². The van der Waals surface area contributed by atoms with Gasteiger partial charge >= 0.3 is 6.09 Å². The van der Waals surface area contributed by atoms with E-state index < -0.39 is 5.60 Å². The number of fused-ring (bicyclic) bond motifs is 1. The molecule has 5 nitrogen and oxygen atoms in total. The molecule has 2 amide bonds. The molecular formula is C13H22N2O3. The molecule has 5 heteroatoms. The Hall–Kier alpha value is -1.26. The van der Waals surface area contributed by atoms with E-state index in [4.69, 9.17) is 4.74 Å². The van der Waals surface area contributed by atoms with E-state index in [1.807, 2.05) is 20.8 Å². The fraction of sp³-hybridized carbons (Fsp3) is 0.846. The maximum absolute atomic E-state index is 12.0. The number of hydrogen-bond donors (Lipinski definition) is 1. The molecule has 2 fully saturated rings. The Morgan fingerprint density at radius 1 is 1.39 bits per heavy atom. The summed E-state index contributed by atoms with van der Waals surface area (Å²) in [6.45, 7) is 6.98. The van der Waals surface area contributed by atoms with E-state index in [0.29, 0.717) is 25.4 Å². The van der Waals surface area contributed by atoms with Crippen molar-refractivity contribution in [3.8, 4) is 0 Å². The van der Waals surface area contributed by atoms with Gasteiger partial charge < -0.3 is 15.0 Å². The first-order valence-electron chi connectivity index (χ1n) is 6.62. The van der Waals surface area contributed by atoms with Crippen molar-refractivity contribution in [3.05, 3.63) is 0 Å². The Morgan fingerprint density at radius 2 is 2.11 bits per heavy atom. The third-order valence-electron chi connectivity index (χ3n) is 3.47. The lowest BCUT2D eigenvalue weighted by atomic mass is 9.85. The summed E-state index contributed by atoms with van der Waals surface area (Å²) in [6.07, 6.45) is 2.03. The first kappa shape index (κ1) is 13.2. The van der Waals surface area contributed by atoms with Crippen molar-refractivity contribution in [2.24, 2.45) is 5.92 Å². The van der Waals surface area contributed by atoms with Gasteiger partial charge in [0.2, 0.25) is 5.91 Å². The van der Waals surface area contributed by atoms with Crippen LogP contribution in [0.25, 0.3) is 0 Å². The fourth-order valence-corrected chi connectivity index (χ4v) is 2.60. The molecule has 0 spiro atoms. The smallest absolute Gasteiger partial charge is 0.410 e. The van der Waals surface area contributed by atoms with Gasteiger partial charge in [0.15, 0.2) is 0 Å². The van der Waals surface area contributed by atoms with Crippen molar-refractivity contribution in [1.29, 1.82) is 0 Å². The van der Waals surface area contributed by atoms with Crippen LogP contribution in [0.3, 0.4) is 0 Å². The van der Waals surface area contributed by atoms with E-state index in [1.165, 1.54) is 0 Å². The predicted octanol–water partition coefficient (Wildman–Crippen LogP) is 1.52. The Balaban J connectivity index is 1.91. The zero-order valence-corrected chi connectivity index (χ0v) is 11.4. The van der Waals surface area contributed by atoms with Crippen LogP contribution in [0.5, 0.6) is 0 Å². The monoisotopic (exact) mass is 254 g/mol. The van der Waals surface area contributed by atoms with Gasteiger partial charge in [-0.1, -0.05) is 0 Å². The van der Waals surface area contributed by atoms with E-state index in [0.717, 1.165) is 12.8 Å². The number of rotatable bonds is 0. The molecule has 1 N–H and O–H groups in total. The number of carbonyl (C=O) groups is 2. The van der Waals surface area contributed by atoms with Gasteiger partial charge in [-0.25, -0.2) is 4.79 Å². The number of carbonyl (C=O) groups excluding carboxylic acids is 2. The summed E-state index contributed by atoms with van der Waals surface area (Å²) in [5.41, 5.74) is -0.450. The van der Waals surface area contributed by atoms with Gasteiger partial charge in [-0.3, -0.25) is 4.79 Å². The molecule has 0 bridgehead atoms. The average molecular weight is 254 g/mol. The van der Waals surface area contributed by atoms with Crippen LogP contribution in [0.4, 0.5) is 4.79 Å². The molecule has 2 atom stereocenters. The van der Waals surface area contributed by atoms with Gasteiger partial charge in [0.1, 0.15) is 5.60 Å². The Bertz CT molecular complexity index is 349. The Kier molecular flexibility index (Phi) is 3.50. The highest BCUT2D eigenvalue weighted by molar-refractivity contribution is 5.77. The highest BCUT2D eigenvalue weighted by Crippen LogP contribution is 2.26. The van der Waals surface area contributed by atoms with Crippen LogP contribution in [-0.2, 0) is 9.53 Å². The van der Waals surface area contributed by atoms with Gasteiger partial charge in [-0.15, -0.1) is 0 Å². The van der Waals surface area contributed by atoms with Gasteiger partial charge in [0.25, 0.3) is 0 Å². The number of piperidine rings is 2. The largest absolute Gasteiger partial charge is 0.444 e. The molecule has 2 aliphatic heterocycles. The summed E-state index contributed by atoms with van der Waals surface area (Å²) in [6, 6.07) is 0.241. The molecule has 0 aromatic carbocycles. The summed E-state index contributed by atoms with van der Waals surface area (Å²) in [5.74, 6) is 0.519. The minimum Gasteiger partial charge on any atom is -0.444 e. The third kappa shape index (κ3) is 3.15. The van der Waals surface area contributed by atoms with E-state index in [-0.39, 0.29) is 18.0 Å². The van der Waals surface area contributed by atoms with Crippen molar-refractivity contribution in [2.75, 3.05) is 13.1 Å². The van der Waals surface area contributed by atoms with Crippen LogP contribution < -0.4 is 5.32 Å². The molecule has 2 heterocycles. The Labute approximate surface area is 108 Å². The molecular weight excluding hydrogens is 232 g/mol. The number of nitrogens with one attached hydrogen (secondary N) is 1. The number of likely N-dealkylation sites (tertiary alicyclic amines) is 1. The van der Waals surface area contributed by atoms with Crippen LogP contribution in [0.2, 0.25) is 0 Å². The zero-order chi connectivity index (χ0) is 13.3. The maximum atomic E-state index is 12.0. The lowest BCUT2D eigenvalue weighted by molar-refractivity contribution is -0.125. The van der Waals surface area contributed by atoms with Crippen LogP contribution in [0.1, 0.15) is 40.0 Å². The standard InChI is InChI=1S/C13H22N2O3/c1-13(2,3)18-12(17)15-7-6-10-9(8-15)4-5-11(16)14-10/h9-10H,4-8H2,1-3H3,(H,14,16)/t9-,10-/m0/s1. The lowest BCUT2D eigenvalue weighted by Crippen LogP contribution is -2.55. The SMILES string of the molecule is CC(C)(C)OC(=O)N1CC[C@@H]2NC(=O)CC[C@H]2C1. The molecule has 0 radical (unpaired) electrons. The maximum Gasteiger partial charge on any atom is 0.410 e. The second-order valence-corrected chi connectivity index (χ2v) is 6.19. The minimum absolute atomic E-state index is 0.141. The molecule has 0 saturated carbocycles. The third-order valence-corrected chi connectivity index (χ3v) is 3.47. The van der Waals surface area contributed by atoms with Crippen LogP contribution in [0, 0.1) is 5.92 Å². The van der Waals surface area contributed by atoms with E-state index in [2.05, 4.69) is 5.32 Å². The van der Waals surface area contributed by atoms with E-state index in [9.17, 15) is 9.59 Å². The molecule has 102 valence electrons. The highest BCUT2D eigenvalue weighted by atomic mass is 16.6. The summed E-state index contributed by atoms with van der Waals surface area (Å²) in [4.78, 5) is 25.0. The van der Waals surface area contributed by atoms with E-state index >= 15 is 0 Å². The molecule has 0 unspecified atom stereocenters. The summed E-state index contributed by atoms with van der Waals surface area (Å²) in [7, 11) is 0. The van der Waals surface area contributed by atoms with Gasteiger partial charge in [0.05, 0.1) is 0 Å².